The van der Waals surface area contributed by atoms with E-state index in [1.165, 1.54) is 25.2 Å². The van der Waals surface area contributed by atoms with E-state index in [-0.39, 0.29) is 32.7 Å². The lowest BCUT2D eigenvalue weighted by Crippen LogP contribution is -2.29. The fourth-order valence-electron chi connectivity index (χ4n) is 4.24. The summed E-state index contributed by atoms with van der Waals surface area (Å²) < 4.78 is 16.2. The van der Waals surface area contributed by atoms with Crippen molar-refractivity contribution in [3.05, 3.63) is 86.4 Å². The largest absolute Gasteiger partial charge is 0.507 e. The Morgan fingerprint density at radius 3 is 2.24 bits per heavy atom. The van der Waals surface area contributed by atoms with Crippen molar-refractivity contribution in [2.24, 2.45) is 0 Å². The van der Waals surface area contributed by atoms with E-state index in [0.717, 1.165) is 0 Å². The van der Waals surface area contributed by atoms with Gasteiger partial charge in [0.1, 0.15) is 16.5 Å². The van der Waals surface area contributed by atoms with E-state index in [0.29, 0.717) is 28.6 Å². The Morgan fingerprint density at radius 1 is 0.973 bits per heavy atom. The average Bonchev–Trinajstić information content (AvgIpc) is 3.14. The number of anilines is 1. The summed E-state index contributed by atoms with van der Waals surface area (Å²) >= 11 is 18.9. The molecule has 1 heterocycles. The molecule has 0 spiro atoms. The lowest BCUT2D eigenvalue weighted by molar-refractivity contribution is -0.132. The number of nitrogens with zero attached hydrogens (tertiary/aromatic N) is 1. The molecular formula is C27H22Cl3NO6. The van der Waals surface area contributed by atoms with Crippen LogP contribution in [0.15, 0.2) is 60.2 Å². The topological polar surface area (TPSA) is 85.3 Å². The van der Waals surface area contributed by atoms with Crippen molar-refractivity contribution in [2.75, 3.05) is 25.7 Å². The van der Waals surface area contributed by atoms with E-state index >= 15 is 0 Å². The summed E-state index contributed by atoms with van der Waals surface area (Å²) in [6.07, 6.45) is 0. The van der Waals surface area contributed by atoms with Gasteiger partial charge in [-0.1, -0.05) is 53.0 Å². The number of aliphatic hydroxyl groups is 1. The van der Waals surface area contributed by atoms with E-state index < -0.39 is 23.5 Å². The molecule has 4 rings (SSSR count). The third-order valence-corrected chi connectivity index (χ3v) is 6.69. The van der Waals surface area contributed by atoms with Crippen molar-refractivity contribution < 1.29 is 28.9 Å². The molecule has 0 bridgehead atoms. The van der Waals surface area contributed by atoms with E-state index in [1.54, 1.807) is 48.5 Å². The van der Waals surface area contributed by atoms with Crippen LogP contribution in [0.1, 0.15) is 24.1 Å². The van der Waals surface area contributed by atoms with Crippen molar-refractivity contribution in [1.29, 1.82) is 0 Å². The van der Waals surface area contributed by atoms with Crippen molar-refractivity contribution in [3.63, 3.8) is 0 Å². The molecule has 0 aromatic heterocycles. The zero-order valence-corrected chi connectivity index (χ0v) is 22.3. The molecule has 1 aliphatic heterocycles. The maximum atomic E-state index is 13.4. The number of carbonyl (C=O) groups excluding carboxylic acids is 2. The molecule has 3 aromatic carbocycles. The molecular weight excluding hydrogens is 541 g/mol. The number of halogens is 3. The van der Waals surface area contributed by atoms with Crippen LogP contribution >= 0.6 is 34.8 Å². The Hall–Kier alpha value is -3.39. The van der Waals surface area contributed by atoms with Crippen molar-refractivity contribution in [3.8, 4) is 17.2 Å². The van der Waals surface area contributed by atoms with Crippen LogP contribution in [0.25, 0.3) is 5.76 Å². The van der Waals surface area contributed by atoms with Gasteiger partial charge in [-0.05, 0) is 48.9 Å². The monoisotopic (exact) mass is 561 g/mol. The normalized spacial score (nSPS) is 16.7. The Kier molecular flexibility index (Phi) is 7.87. The molecule has 192 valence electrons. The molecule has 10 heteroatoms. The van der Waals surface area contributed by atoms with Crippen LogP contribution < -0.4 is 19.1 Å². The molecule has 1 fully saturated rings. The maximum absolute atomic E-state index is 13.4. The number of methoxy groups -OCH3 is 2. The number of hydrogen-bond acceptors (Lipinski definition) is 6. The third-order valence-electron chi connectivity index (χ3n) is 5.83. The van der Waals surface area contributed by atoms with Crippen LogP contribution in [-0.4, -0.2) is 37.6 Å². The fourth-order valence-corrected chi connectivity index (χ4v) is 5.12. The first-order valence-corrected chi connectivity index (χ1v) is 12.3. The molecule has 7 nitrogen and oxygen atoms in total. The van der Waals surface area contributed by atoms with Gasteiger partial charge in [-0.15, -0.1) is 0 Å². The molecule has 0 saturated carbocycles. The second-order valence-electron chi connectivity index (χ2n) is 7.94. The molecule has 3 aromatic rings. The molecule has 0 aliphatic carbocycles. The van der Waals surface area contributed by atoms with E-state index in [9.17, 15) is 14.7 Å². The molecule has 0 radical (unpaired) electrons. The van der Waals surface area contributed by atoms with Gasteiger partial charge in [0.05, 0.1) is 43.0 Å². The number of carbonyl (C=O) groups is 2. The van der Waals surface area contributed by atoms with Crippen LogP contribution in [0, 0.1) is 0 Å². The summed E-state index contributed by atoms with van der Waals surface area (Å²) in [5.74, 6) is -1.47. The van der Waals surface area contributed by atoms with Gasteiger partial charge >= 0.3 is 0 Å². The first-order chi connectivity index (χ1) is 17.7. The zero-order chi connectivity index (χ0) is 26.9. The Labute approximate surface area is 228 Å². The molecule has 1 amide bonds. The minimum atomic E-state index is -1.00. The molecule has 1 N–H and O–H groups in total. The summed E-state index contributed by atoms with van der Waals surface area (Å²) in [6.45, 7) is 2.33. The molecule has 1 atom stereocenters. The van der Waals surface area contributed by atoms with Crippen molar-refractivity contribution >= 4 is 57.9 Å². The lowest BCUT2D eigenvalue weighted by Gasteiger charge is -2.26. The van der Waals surface area contributed by atoms with Crippen molar-refractivity contribution in [2.45, 2.75) is 13.0 Å². The quantitative estimate of drug-likeness (QED) is 0.196. The maximum Gasteiger partial charge on any atom is 0.300 e. The second-order valence-corrected chi connectivity index (χ2v) is 9.16. The van der Waals surface area contributed by atoms with Gasteiger partial charge in [0.2, 0.25) is 0 Å². The number of aliphatic hydroxyl groups excluding tert-OH is 1. The predicted molar refractivity (Wildman–Crippen MR) is 143 cm³/mol. The number of amides is 1. The smallest absolute Gasteiger partial charge is 0.300 e. The van der Waals surface area contributed by atoms with Crippen LogP contribution in [0.3, 0.4) is 0 Å². The van der Waals surface area contributed by atoms with Gasteiger partial charge < -0.3 is 19.3 Å². The number of benzene rings is 3. The van der Waals surface area contributed by atoms with Crippen LogP contribution in [0.2, 0.25) is 15.1 Å². The number of Topliss-reactive ketones (excluding diaryl/α,β-unsaturated/α-hetero) is 1. The SMILES string of the molecule is CCOc1ccc(C2/C(=C(\O)c3cc(Cl)c(OC)c(Cl)c3OC)C(=O)C(=O)N2c2cccc(Cl)c2)cc1. The summed E-state index contributed by atoms with van der Waals surface area (Å²) in [4.78, 5) is 28.1. The highest BCUT2D eigenvalue weighted by molar-refractivity contribution is 6.52. The molecule has 1 saturated heterocycles. The van der Waals surface area contributed by atoms with E-state index in [4.69, 9.17) is 49.0 Å². The third kappa shape index (κ3) is 4.82. The summed E-state index contributed by atoms with van der Waals surface area (Å²) in [5.41, 5.74) is 0.780. The van der Waals surface area contributed by atoms with Crippen LogP contribution in [0.5, 0.6) is 17.2 Å². The standard InChI is InChI=1S/C27H22Cl3NO6/c1-4-37-17-10-8-14(9-11-17)22-20(24(33)27(34)31(22)16-7-5-6-15(28)12-16)23(32)18-13-19(29)26(36-3)21(30)25(18)35-2/h5-13,22,32H,4H2,1-3H3/b23-20+. The fraction of sp³-hybridized carbons (Fsp3) is 0.185. The summed E-state index contributed by atoms with van der Waals surface area (Å²) in [7, 11) is 2.73. The summed E-state index contributed by atoms with van der Waals surface area (Å²) in [5, 5.41) is 12.0. The minimum absolute atomic E-state index is 0.000682. The number of ketones is 1. The zero-order valence-electron chi connectivity index (χ0n) is 20.1. The average molecular weight is 563 g/mol. The first-order valence-electron chi connectivity index (χ1n) is 11.1. The van der Waals surface area contributed by atoms with Crippen molar-refractivity contribution in [1.82, 2.24) is 0 Å². The Morgan fingerprint density at radius 2 is 1.65 bits per heavy atom. The predicted octanol–water partition coefficient (Wildman–Crippen LogP) is 6.69. The van der Waals surface area contributed by atoms with Gasteiger partial charge in [-0.2, -0.15) is 0 Å². The number of rotatable bonds is 7. The van der Waals surface area contributed by atoms with Gasteiger partial charge in [0, 0.05) is 10.7 Å². The van der Waals surface area contributed by atoms with Gasteiger partial charge in [-0.25, -0.2) is 0 Å². The highest BCUT2D eigenvalue weighted by Crippen LogP contribution is 2.48. The molecule has 1 unspecified atom stereocenters. The first kappa shape index (κ1) is 26.7. The number of ether oxygens (including phenoxy) is 3. The second kappa shape index (κ2) is 10.9. The van der Waals surface area contributed by atoms with E-state index in [1.807, 2.05) is 6.92 Å². The van der Waals surface area contributed by atoms with Gasteiger partial charge in [0.15, 0.2) is 11.5 Å². The van der Waals surface area contributed by atoms with Crippen LogP contribution in [-0.2, 0) is 9.59 Å². The Bertz CT molecular complexity index is 1400. The summed E-state index contributed by atoms with van der Waals surface area (Å²) in [6, 6.07) is 13.8. The minimum Gasteiger partial charge on any atom is -0.507 e. The highest BCUT2D eigenvalue weighted by atomic mass is 35.5. The van der Waals surface area contributed by atoms with Crippen LogP contribution in [0.4, 0.5) is 5.69 Å². The molecule has 37 heavy (non-hydrogen) atoms. The highest BCUT2D eigenvalue weighted by Gasteiger charge is 2.47. The number of hydrogen-bond donors (Lipinski definition) is 1. The van der Waals surface area contributed by atoms with Gasteiger partial charge in [0.25, 0.3) is 11.7 Å². The lowest BCUT2D eigenvalue weighted by atomic mass is 9.94. The van der Waals surface area contributed by atoms with Gasteiger partial charge in [-0.3, -0.25) is 14.5 Å². The molecule has 1 aliphatic rings. The Balaban J connectivity index is 1.99. The van der Waals surface area contributed by atoms with E-state index in [2.05, 4.69) is 0 Å².